The first kappa shape index (κ1) is 15.7. The zero-order valence-corrected chi connectivity index (χ0v) is 14.9. The monoisotopic (exact) mass is 334 g/mol. The Morgan fingerprint density at radius 1 is 1.26 bits per heavy atom. The minimum absolute atomic E-state index is 0.114. The van der Waals surface area contributed by atoms with Crippen molar-refractivity contribution in [2.45, 2.75) is 64.9 Å². The van der Waals surface area contributed by atoms with Gasteiger partial charge in [-0.1, -0.05) is 24.6 Å². The summed E-state index contributed by atoms with van der Waals surface area (Å²) < 4.78 is 5.70. The van der Waals surface area contributed by atoms with Gasteiger partial charge in [0.15, 0.2) is 0 Å². The van der Waals surface area contributed by atoms with E-state index in [1.54, 1.807) is 6.92 Å². The first-order valence-corrected chi connectivity index (χ1v) is 9.60. The van der Waals surface area contributed by atoms with E-state index in [-0.39, 0.29) is 17.5 Å². The molecule has 0 heterocycles. The van der Waals surface area contributed by atoms with Gasteiger partial charge in [0.1, 0.15) is 6.10 Å². The summed E-state index contributed by atoms with van der Waals surface area (Å²) in [7, 11) is 0. The molecule has 3 heteroatoms. The molecule has 0 amide bonds. The second-order valence-corrected chi connectivity index (χ2v) is 8.82. The molecule has 0 saturated heterocycles. The summed E-state index contributed by atoms with van der Waals surface area (Å²) in [6, 6.07) is 0. The number of ether oxygens (including phenoxy) is 1. The van der Waals surface area contributed by atoms with Crippen molar-refractivity contribution in [3.63, 3.8) is 0 Å². The third-order valence-electron chi connectivity index (χ3n) is 7.30. The van der Waals surface area contributed by atoms with E-state index in [0.717, 1.165) is 29.7 Å². The van der Waals surface area contributed by atoms with E-state index in [1.807, 2.05) is 0 Å². The van der Waals surface area contributed by atoms with Crippen molar-refractivity contribution in [3.05, 3.63) is 22.8 Å². The van der Waals surface area contributed by atoms with Gasteiger partial charge in [-0.15, -0.1) is 0 Å². The molecule has 3 unspecified atom stereocenters. The number of halogens is 1. The van der Waals surface area contributed by atoms with Gasteiger partial charge in [-0.2, -0.15) is 0 Å². The Labute approximate surface area is 144 Å². The van der Waals surface area contributed by atoms with Gasteiger partial charge in [-0.05, 0) is 80.3 Å². The molecular formula is C20H27ClO2. The van der Waals surface area contributed by atoms with Crippen LogP contribution in [0.4, 0.5) is 0 Å². The Hall–Kier alpha value is -0.760. The maximum Gasteiger partial charge on any atom is 0.302 e. The summed E-state index contributed by atoms with van der Waals surface area (Å²) in [4.78, 5) is 11.5. The molecule has 2 fully saturated rings. The fourth-order valence-corrected chi connectivity index (χ4v) is 6.50. The molecule has 6 atom stereocenters. The minimum atomic E-state index is -0.114. The molecular weight excluding hydrogens is 308 g/mol. The van der Waals surface area contributed by atoms with Gasteiger partial charge in [-0.3, -0.25) is 4.79 Å². The van der Waals surface area contributed by atoms with Crippen LogP contribution < -0.4 is 0 Å². The van der Waals surface area contributed by atoms with Gasteiger partial charge in [0, 0.05) is 17.4 Å². The van der Waals surface area contributed by atoms with Gasteiger partial charge < -0.3 is 4.74 Å². The molecule has 0 aromatic carbocycles. The van der Waals surface area contributed by atoms with Gasteiger partial charge in [-0.25, -0.2) is 0 Å². The van der Waals surface area contributed by atoms with Gasteiger partial charge >= 0.3 is 5.97 Å². The quantitative estimate of drug-likeness (QED) is 0.614. The van der Waals surface area contributed by atoms with Crippen molar-refractivity contribution in [2.75, 3.05) is 0 Å². The van der Waals surface area contributed by atoms with Crippen LogP contribution in [0.15, 0.2) is 22.8 Å². The maximum absolute atomic E-state index is 11.5. The highest BCUT2D eigenvalue weighted by Crippen LogP contribution is 2.61. The average molecular weight is 335 g/mol. The summed E-state index contributed by atoms with van der Waals surface area (Å²) in [5, 5.41) is 1.03. The van der Waals surface area contributed by atoms with Crippen molar-refractivity contribution in [1.82, 2.24) is 0 Å². The predicted molar refractivity (Wildman–Crippen MR) is 92.0 cm³/mol. The Balaban J connectivity index is 1.59. The van der Waals surface area contributed by atoms with E-state index in [1.165, 1.54) is 37.7 Å². The molecule has 0 aromatic rings. The van der Waals surface area contributed by atoms with Crippen molar-refractivity contribution in [3.8, 4) is 0 Å². The van der Waals surface area contributed by atoms with Crippen molar-refractivity contribution in [1.29, 1.82) is 0 Å². The highest BCUT2D eigenvalue weighted by Gasteiger charge is 2.56. The van der Waals surface area contributed by atoms with Crippen LogP contribution in [0.1, 0.15) is 58.8 Å². The molecule has 4 aliphatic carbocycles. The zero-order valence-electron chi connectivity index (χ0n) is 14.2. The molecule has 0 bridgehead atoms. The van der Waals surface area contributed by atoms with Crippen LogP contribution in [0, 0.1) is 29.1 Å². The standard InChI is InChI=1S/C20H27ClO2/c1-12(22)23-19-8-7-18-17-5-3-13-11-14(21)4-6-15(13)16(17)9-10-20(18,19)2/h3,11,15-19H,4-10H2,1-2H3/t15-,16?,17?,18?,19-,20-/m0/s1. The molecule has 2 saturated carbocycles. The van der Waals surface area contributed by atoms with E-state index in [4.69, 9.17) is 16.3 Å². The number of hydrogen-bond donors (Lipinski definition) is 0. The summed E-state index contributed by atoms with van der Waals surface area (Å²) in [5.74, 6) is 2.90. The lowest BCUT2D eigenvalue weighted by Gasteiger charge is -2.52. The SMILES string of the molecule is CC(=O)O[C@H]1CCC2C3CC=C4C=C(Cl)CC[C@@H]4C3CC[C@@]21C. The van der Waals surface area contributed by atoms with E-state index < -0.39 is 0 Å². The molecule has 2 nitrogen and oxygen atoms in total. The summed E-state index contributed by atoms with van der Waals surface area (Å²) >= 11 is 6.26. The molecule has 0 spiro atoms. The number of hydrogen-bond acceptors (Lipinski definition) is 2. The van der Waals surface area contributed by atoms with E-state index in [0.29, 0.717) is 11.8 Å². The Kier molecular flexibility index (Phi) is 3.87. The first-order chi connectivity index (χ1) is 11.0. The zero-order chi connectivity index (χ0) is 16.2. The van der Waals surface area contributed by atoms with Gasteiger partial charge in [0.2, 0.25) is 0 Å². The molecule has 0 aliphatic heterocycles. The van der Waals surface area contributed by atoms with Crippen molar-refractivity contribution >= 4 is 17.6 Å². The smallest absolute Gasteiger partial charge is 0.302 e. The number of carbonyl (C=O) groups excluding carboxylic acids is 1. The third kappa shape index (κ3) is 2.49. The lowest BCUT2D eigenvalue weighted by molar-refractivity contribution is -0.155. The van der Waals surface area contributed by atoms with Crippen LogP contribution in [-0.4, -0.2) is 12.1 Å². The van der Waals surface area contributed by atoms with Crippen LogP contribution in [-0.2, 0) is 9.53 Å². The topological polar surface area (TPSA) is 26.3 Å². The molecule has 0 N–H and O–H groups in total. The molecule has 0 radical (unpaired) electrons. The fraction of sp³-hybridized carbons (Fsp3) is 0.750. The predicted octanol–water partition coefficient (Wildman–Crippen LogP) is 5.22. The lowest BCUT2D eigenvalue weighted by Crippen LogP contribution is -2.47. The highest BCUT2D eigenvalue weighted by atomic mass is 35.5. The van der Waals surface area contributed by atoms with Gasteiger partial charge in [0.25, 0.3) is 0 Å². The van der Waals surface area contributed by atoms with Crippen LogP contribution in [0.5, 0.6) is 0 Å². The molecule has 23 heavy (non-hydrogen) atoms. The highest BCUT2D eigenvalue weighted by molar-refractivity contribution is 6.29. The second kappa shape index (κ2) is 5.65. The van der Waals surface area contributed by atoms with Crippen LogP contribution in [0.3, 0.4) is 0 Å². The summed E-state index contributed by atoms with van der Waals surface area (Å²) in [5.41, 5.74) is 1.70. The second-order valence-electron chi connectivity index (χ2n) is 8.33. The first-order valence-electron chi connectivity index (χ1n) is 9.22. The summed E-state index contributed by atoms with van der Waals surface area (Å²) in [6.07, 6.45) is 13.0. The number of rotatable bonds is 1. The molecule has 126 valence electrons. The van der Waals surface area contributed by atoms with Gasteiger partial charge in [0.05, 0.1) is 0 Å². The average Bonchev–Trinajstić information content (AvgIpc) is 2.83. The maximum atomic E-state index is 11.5. The molecule has 4 rings (SSSR count). The number of carbonyl (C=O) groups is 1. The van der Waals surface area contributed by atoms with Crippen LogP contribution in [0.25, 0.3) is 0 Å². The van der Waals surface area contributed by atoms with Crippen LogP contribution in [0.2, 0.25) is 0 Å². The number of allylic oxidation sites excluding steroid dienone is 4. The van der Waals surface area contributed by atoms with Crippen LogP contribution >= 0.6 is 11.6 Å². The van der Waals surface area contributed by atoms with E-state index >= 15 is 0 Å². The number of fused-ring (bicyclic) bond motifs is 5. The lowest BCUT2D eigenvalue weighted by atomic mass is 9.53. The summed E-state index contributed by atoms with van der Waals surface area (Å²) in [6.45, 7) is 3.93. The Morgan fingerprint density at radius 2 is 2.09 bits per heavy atom. The van der Waals surface area contributed by atoms with Crippen molar-refractivity contribution in [2.24, 2.45) is 29.1 Å². The number of esters is 1. The fourth-order valence-electron chi connectivity index (χ4n) is 6.27. The minimum Gasteiger partial charge on any atom is -0.462 e. The Morgan fingerprint density at radius 3 is 2.87 bits per heavy atom. The van der Waals surface area contributed by atoms with E-state index in [9.17, 15) is 4.79 Å². The largest absolute Gasteiger partial charge is 0.462 e. The molecule has 0 aromatic heterocycles. The molecule has 4 aliphatic rings. The third-order valence-corrected chi connectivity index (χ3v) is 7.60. The van der Waals surface area contributed by atoms with E-state index in [2.05, 4.69) is 19.1 Å². The normalized spacial score (nSPS) is 45.3. The van der Waals surface area contributed by atoms with Crippen molar-refractivity contribution < 1.29 is 9.53 Å². The Bertz CT molecular complexity index is 578.